The highest BCUT2D eigenvalue weighted by Gasteiger charge is 2.31. The third kappa shape index (κ3) is 4.95. The molecule has 150 valence electrons. The molecule has 1 aliphatic rings. The van der Waals surface area contributed by atoms with Crippen LogP contribution >= 0.6 is 0 Å². The highest BCUT2D eigenvalue weighted by atomic mass is 16.6. The molecule has 2 aromatic carbocycles. The van der Waals surface area contributed by atoms with Gasteiger partial charge in [0.25, 0.3) is 11.6 Å². The van der Waals surface area contributed by atoms with Crippen LogP contribution in [0.25, 0.3) is 0 Å². The van der Waals surface area contributed by atoms with E-state index in [1.807, 2.05) is 0 Å². The van der Waals surface area contributed by atoms with Crippen LogP contribution in [0.5, 0.6) is 0 Å². The number of hydrogen-bond donors (Lipinski definition) is 1. The van der Waals surface area contributed by atoms with Crippen LogP contribution in [0.1, 0.15) is 45.2 Å². The lowest BCUT2D eigenvalue weighted by atomic mass is 10.1. The Morgan fingerprint density at radius 1 is 1.07 bits per heavy atom. The molecule has 0 aliphatic heterocycles. The Morgan fingerprint density at radius 2 is 1.69 bits per heavy atom. The Hall–Kier alpha value is -3.75. The number of methoxy groups -OCH3 is 1. The van der Waals surface area contributed by atoms with Crippen LogP contribution in [0.4, 0.5) is 5.69 Å². The van der Waals surface area contributed by atoms with Gasteiger partial charge < -0.3 is 14.8 Å². The van der Waals surface area contributed by atoms with Crippen molar-refractivity contribution in [2.45, 2.75) is 25.0 Å². The van der Waals surface area contributed by atoms with Gasteiger partial charge in [0.1, 0.15) is 0 Å². The van der Waals surface area contributed by atoms with Crippen molar-refractivity contribution in [3.8, 4) is 0 Å². The highest BCUT2D eigenvalue weighted by molar-refractivity contribution is 5.97. The summed E-state index contributed by atoms with van der Waals surface area (Å²) in [6, 6.07) is 11.6. The average molecular weight is 398 g/mol. The van der Waals surface area contributed by atoms with E-state index in [2.05, 4.69) is 10.1 Å². The number of rotatable bonds is 7. The van der Waals surface area contributed by atoms with E-state index in [-0.39, 0.29) is 17.2 Å². The molecule has 0 unspecified atom stereocenters. The summed E-state index contributed by atoms with van der Waals surface area (Å²) in [4.78, 5) is 47.5. The van der Waals surface area contributed by atoms with E-state index in [0.717, 1.165) is 38.2 Å². The van der Waals surface area contributed by atoms with E-state index < -0.39 is 34.6 Å². The molecule has 0 heterocycles. The van der Waals surface area contributed by atoms with E-state index in [1.165, 1.54) is 0 Å². The standard InChI is InChI=1S/C20H18N2O7/c1-28-19(24)13-9-14(11-16(10-13)22(26)27)20(25)29-17(12-5-3-2-4-6-12)18(23)21-15-7-8-15/h2-6,9-11,15,17H,7-8H2,1H3,(H,21,23)/t17-/m1/s1. The third-order valence-electron chi connectivity index (χ3n) is 4.27. The second-order valence-corrected chi connectivity index (χ2v) is 6.50. The number of carbonyl (C=O) groups excluding carboxylic acids is 3. The molecule has 1 atom stereocenters. The van der Waals surface area contributed by atoms with Crippen LogP contribution in [0.3, 0.4) is 0 Å². The first kappa shape index (κ1) is 20.0. The molecule has 9 heteroatoms. The molecular formula is C20H18N2O7. The number of nitro groups is 1. The summed E-state index contributed by atoms with van der Waals surface area (Å²) in [6.07, 6.45) is 0.480. The minimum Gasteiger partial charge on any atom is -0.465 e. The minimum atomic E-state index is -1.23. The summed E-state index contributed by atoms with van der Waals surface area (Å²) < 4.78 is 9.96. The van der Waals surface area contributed by atoms with Crippen LogP contribution < -0.4 is 5.32 Å². The van der Waals surface area contributed by atoms with Crippen LogP contribution in [-0.2, 0) is 14.3 Å². The number of nitro benzene ring substituents is 1. The van der Waals surface area contributed by atoms with Crippen molar-refractivity contribution in [1.29, 1.82) is 0 Å². The topological polar surface area (TPSA) is 125 Å². The fourth-order valence-corrected chi connectivity index (χ4v) is 2.65. The number of ether oxygens (including phenoxy) is 2. The summed E-state index contributed by atoms with van der Waals surface area (Å²) in [5.74, 6) is -2.29. The van der Waals surface area contributed by atoms with Crippen molar-refractivity contribution in [2.24, 2.45) is 0 Å². The first-order valence-electron chi connectivity index (χ1n) is 8.83. The average Bonchev–Trinajstić information content (AvgIpc) is 3.55. The normalized spacial score (nSPS) is 13.8. The number of nitrogens with zero attached hydrogens (tertiary/aromatic N) is 1. The zero-order valence-electron chi connectivity index (χ0n) is 15.5. The molecule has 1 fully saturated rings. The zero-order valence-corrected chi connectivity index (χ0v) is 15.5. The van der Waals surface area contributed by atoms with E-state index in [0.29, 0.717) is 5.56 Å². The number of nitrogens with one attached hydrogen (secondary N) is 1. The molecule has 0 bridgehead atoms. The Bertz CT molecular complexity index is 955. The monoisotopic (exact) mass is 398 g/mol. The van der Waals surface area contributed by atoms with E-state index in [1.54, 1.807) is 30.3 Å². The highest BCUT2D eigenvalue weighted by Crippen LogP contribution is 2.25. The van der Waals surface area contributed by atoms with Crippen LogP contribution in [-0.4, -0.2) is 35.9 Å². The first-order chi connectivity index (χ1) is 13.9. The number of hydrogen-bond acceptors (Lipinski definition) is 7. The summed E-state index contributed by atoms with van der Waals surface area (Å²) >= 11 is 0. The van der Waals surface area contributed by atoms with Gasteiger partial charge in [-0.2, -0.15) is 0 Å². The Labute approximate surface area is 165 Å². The van der Waals surface area contributed by atoms with Crippen LogP contribution in [0, 0.1) is 10.1 Å². The molecule has 0 radical (unpaired) electrons. The molecule has 1 N–H and O–H groups in total. The molecular weight excluding hydrogens is 380 g/mol. The molecule has 1 amide bonds. The van der Waals surface area contributed by atoms with Gasteiger partial charge in [-0.15, -0.1) is 0 Å². The van der Waals surface area contributed by atoms with E-state index in [9.17, 15) is 24.5 Å². The quantitative estimate of drug-likeness (QED) is 0.432. The summed E-state index contributed by atoms with van der Waals surface area (Å²) in [7, 11) is 1.12. The van der Waals surface area contributed by atoms with Crippen molar-refractivity contribution in [1.82, 2.24) is 5.32 Å². The van der Waals surface area contributed by atoms with Crippen molar-refractivity contribution in [3.63, 3.8) is 0 Å². The van der Waals surface area contributed by atoms with E-state index in [4.69, 9.17) is 4.74 Å². The lowest BCUT2D eigenvalue weighted by molar-refractivity contribution is -0.384. The predicted molar refractivity (Wildman–Crippen MR) is 100 cm³/mol. The van der Waals surface area contributed by atoms with Gasteiger partial charge in [-0.3, -0.25) is 14.9 Å². The molecule has 0 aromatic heterocycles. The smallest absolute Gasteiger partial charge is 0.339 e. The molecule has 9 nitrogen and oxygen atoms in total. The first-order valence-corrected chi connectivity index (χ1v) is 8.83. The Balaban J connectivity index is 1.90. The molecule has 29 heavy (non-hydrogen) atoms. The number of amides is 1. The largest absolute Gasteiger partial charge is 0.465 e. The van der Waals surface area contributed by atoms with Gasteiger partial charge in [0.15, 0.2) is 0 Å². The number of benzene rings is 2. The van der Waals surface area contributed by atoms with Crippen molar-refractivity contribution < 1.29 is 28.8 Å². The molecule has 3 rings (SSSR count). The molecule has 1 aliphatic carbocycles. The zero-order chi connectivity index (χ0) is 21.0. The molecule has 1 saturated carbocycles. The minimum absolute atomic E-state index is 0.0520. The van der Waals surface area contributed by atoms with Gasteiger partial charge in [-0.25, -0.2) is 9.59 Å². The van der Waals surface area contributed by atoms with Gasteiger partial charge >= 0.3 is 11.9 Å². The van der Waals surface area contributed by atoms with Gasteiger partial charge in [-0.1, -0.05) is 30.3 Å². The molecule has 0 saturated heterocycles. The van der Waals surface area contributed by atoms with Crippen LogP contribution in [0.2, 0.25) is 0 Å². The maximum absolute atomic E-state index is 12.7. The van der Waals surface area contributed by atoms with Gasteiger partial charge in [-0.05, 0) is 18.9 Å². The summed E-state index contributed by atoms with van der Waals surface area (Å²) in [6.45, 7) is 0. The number of non-ortho nitro benzene ring substituents is 1. The van der Waals surface area contributed by atoms with Gasteiger partial charge in [0.05, 0.1) is 23.2 Å². The lowest BCUT2D eigenvalue weighted by Gasteiger charge is -2.18. The van der Waals surface area contributed by atoms with Crippen molar-refractivity contribution in [2.75, 3.05) is 7.11 Å². The van der Waals surface area contributed by atoms with Gasteiger partial charge in [0.2, 0.25) is 6.10 Å². The Kier molecular flexibility index (Phi) is 5.87. The predicted octanol–water partition coefficient (Wildman–Crippen LogP) is 2.56. The lowest BCUT2D eigenvalue weighted by Crippen LogP contribution is -2.33. The second kappa shape index (κ2) is 8.51. The SMILES string of the molecule is COC(=O)c1cc(C(=O)O[C@@H](C(=O)NC2CC2)c2ccccc2)cc([N+](=O)[O-])c1. The third-order valence-corrected chi connectivity index (χ3v) is 4.27. The fourth-order valence-electron chi connectivity index (χ4n) is 2.65. The maximum Gasteiger partial charge on any atom is 0.339 e. The molecule has 2 aromatic rings. The van der Waals surface area contributed by atoms with Crippen molar-refractivity contribution in [3.05, 3.63) is 75.3 Å². The number of esters is 2. The van der Waals surface area contributed by atoms with Gasteiger partial charge in [0, 0.05) is 23.7 Å². The second-order valence-electron chi connectivity index (χ2n) is 6.50. The number of carbonyl (C=O) groups is 3. The Morgan fingerprint density at radius 3 is 2.24 bits per heavy atom. The van der Waals surface area contributed by atoms with Crippen LogP contribution in [0.15, 0.2) is 48.5 Å². The fraction of sp³-hybridized carbons (Fsp3) is 0.250. The summed E-state index contributed by atoms with van der Waals surface area (Å²) in [5.41, 5.74) is -0.428. The summed E-state index contributed by atoms with van der Waals surface area (Å²) in [5, 5.41) is 13.9. The van der Waals surface area contributed by atoms with E-state index >= 15 is 0 Å². The van der Waals surface area contributed by atoms with Crippen molar-refractivity contribution >= 4 is 23.5 Å². The molecule has 0 spiro atoms. The maximum atomic E-state index is 12.7.